The van der Waals surface area contributed by atoms with Crippen LogP contribution in [0.4, 0.5) is 5.69 Å². The molecule has 9 heteroatoms. The van der Waals surface area contributed by atoms with Crippen molar-refractivity contribution < 1.29 is 22.7 Å². The number of Topliss-reactive ketones (excluding diaryl/α,β-unsaturated/α-hetero) is 1. The Kier molecular flexibility index (Phi) is 5.79. The number of nitrogens with zero attached hydrogens (tertiary/aromatic N) is 3. The molecule has 0 amide bonds. The lowest BCUT2D eigenvalue weighted by atomic mass is 10.1. The second-order valence-electron chi connectivity index (χ2n) is 7.51. The van der Waals surface area contributed by atoms with Crippen LogP contribution in [0.2, 0.25) is 0 Å². The molecule has 0 radical (unpaired) electrons. The molecule has 0 aliphatic carbocycles. The number of hydrogen-bond acceptors (Lipinski definition) is 7. The molecule has 2 aromatic rings. The molecule has 0 aromatic carbocycles. The van der Waals surface area contributed by atoms with Gasteiger partial charge in [0.2, 0.25) is 5.78 Å². The first-order valence-corrected chi connectivity index (χ1v) is 11.1. The van der Waals surface area contributed by atoms with Gasteiger partial charge >= 0.3 is 5.97 Å². The van der Waals surface area contributed by atoms with Crippen molar-refractivity contribution >= 4 is 27.3 Å². The Morgan fingerprint density at radius 3 is 2.55 bits per heavy atom. The van der Waals surface area contributed by atoms with Crippen LogP contribution < -0.4 is 4.90 Å². The number of pyridine rings is 1. The van der Waals surface area contributed by atoms with Gasteiger partial charge in [-0.2, -0.15) is 0 Å². The van der Waals surface area contributed by atoms with E-state index in [-0.39, 0.29) is 29.0 Å². The number of hydrogen-bond donors (Lipinski definition) is 0. The minimum absolute atomic E-state index is 0.0839. The Bertz CT molecular complexity index is 1040. The molecule has 0 spiro atoms. The highest BCUT2D eigenvalue weighted by Crippen LogP contribution is 2.29. The predicted molar refractivity (Wildman–Crippen MR) is 109 cm³/mol. The Balaban J connectivity index is 1.68. The average Bonchev–Trinajstić information content (AvgIpc) is 3.17. The van der Waals surface area contributed by atoms with E-state index in [1.807, 2.05) is 30.5 Å². The van der Waals surface area contributed by atoms with Gasteiger partial charge in [-0.05, 0) is 38.5 Å². The lowest BCUT2D eigenvalue weighted by molar-refractivity contribution is 0.0468. The summed E-state index contributed by atoms with van der Waals surface area (Å²) in [6.07, 6.45) is 2.09. The molecule has 156 valence electrons. The van der Waals surface area contributed by atoms with Gasteiger partial charge in [0.1, 0.15) is 5.69 Å². The van der Waals surface area contributed by atoms with Gasteiger partial charge in [0.05, 0.1) is 23.4 Å². The summed E-state index contributed by atoms with van der Waals surface area (Å²) >= 11 is 0. The SMILES string of the molecule is Cc1cc(C(=O)COC(=O)c2ccc(N(C)C)cn2)c(C)n1[C@@H]1CCS(=O)(=O)C1. The predicted octanol–water partition coefficient (Wildman–Crippen LogP) is 1.97. The largest absolute Gasteiger partial charge is 0.453 e. The van der Waals surface area contributed by atoms with Gasteiger partial charge in [-0.25, -0.2) is 18.2 Å². The second kappa shape index (κ2) is 7.98. The molecule has 0 unspecified atom stereocenters. The van der Waals surface area contributed by atoms with Crippen molar-refractivity contribution in [3.05, 3.63) is 47.0 Å². The van der Waals surface area contributed by atoms with E-state index < -0.39 is 22.4 Å². The molecule has 29 heavy (non-hydrogen) atoms. The molecule has 8 nitrogen and oxygen atoms in total. The summed E-state index contributed by atoms with van der Waals surface area (Å²) < 4.78 is 30.6. The number of ether oxygens (including phenoxy) is 1. The van der Waals surface area contributed by atoms with Crippen LogP contribution in [0, 0.1) is 13.8 Å². The zero-order valence-electron chi connectivity index (χ0n) is 17.0. The zero-order valence-corrected chi connectivity index (χ0v) is 17.8. The summed E-state index contributed by atoms with van der Waals surface area (Å²) in [5.74, 6) is -0.752. The standard InChI is InChI=1S/C20H25N3O5S/c1-13-9-17(14(2)23(13)16-7-8-29(26,27)12-16)19(24)11-28-20(25)18-6-5-15(10-21-18)22(3)4/h5-6,9-10,16H,7-8,11-12H2,1-4H3/t16-/m1/s1. The molecule has 1 fully saturated rings. The Labute approximate surface area is 170 Å². The smallest absolute Gasteiger partial charge is 0.357 e. The first-order valence-electron chi connectivity index (χ1n) is 9.31. The normalized spacial score (nSPS) is 17.9. The first kappa shape index (κ1) is 21.0. The van der Waals surface area contributed by atoms with Gasteiger partial charge in [0.15, 0.2) is 16.4 Å². The second-order valence-corrected chi connectivity index (χ2v) is 9.74. The van der Waals surface area contributed by atoms with Crippen LogP contribution in [0.3, 0.4) is 0 Å². The third-order valence-electron chi connectivity index (χ3n) is 5.17. The molecule has 0 bridgehead atoms. The number of aromatic nitrogens is 2. The molecular weight excluding hydrogens is 394 g/mol. The van der Waals surface area contributed by atoms with Crippen molar-refractivity contribution in [2.24, 2.45) is 0 Å². The van der Waals surface area contributed by atoms with Gasteiger partial charge < -0.3 is 14.2 Å². The fourth-order valence-corrected chi connectivity index (χ4v) is 5.35. The molecule has 1 aliphatic rings. The van der Waals surface area contributed by atoms with Crippen molar-refractivity contribution in [3.63, 3.8) is 0 Å². The average molecular weight is 420 g/mol. The summed E-state index contributed by atoms with van der Waals surface area (Å²) in [6, 6.07) is 4.85. The van der Waals surface area contributed by atoms with Gasteiger partial charge in [-0.3, -0.25) is 4.79 Å². The maximum Gasteiger partial charge on any atom is 0.357 e. The number of carbonyl (C=O) groups is 2. The van der Waals surface area contributed by atoms with Crippen molar-refractivity contribution in [2.75, 3.05) is 37.1 Å². The highest BCUT2D eigenvalue weighted by molar-refractivity contribution is 7.91. The Morgan fingerprint density at radius 1 is 1.28 bits per heavy atom. The maximum absolute atomic E-state index is 12.6. The first-order chi connectivity index (χ1) is 13.6. The van der Waals surface area contributed by atoms with Gasteiger partial charge in [-0.15, -0.1) is 0 Å². The van der Waals surface area contributed by atoms with Crippen LogP contribution in [-0.2, 0) is 14.6 Å². The number of carbonyl (C=O) groups excluding carboxylic acids is 2. The number of sulfone groups is 1. The fraction of sp³-hybridized carbons (Fsp3) is 0.450. The molecule has 3 heterocycles. The van der Waals surface area contributed by atoms with Crippen LogP contribution in [0.15, 0.2) is 24.4 Å². The van der Waals surface area contributed by atoms with E-state index in [1.54, 1.807) is 31.3 Å². The van der Waals surface area contributed by atoms with Crippen LogP contribution in [0.5, 0.6) is 0 Å². The Hall–Kier alpha value is -2.68. The molecule has 0 N–H and O–H groups in total. The molecule has 1 saturated heterocycles. The highest BCUT2D eigenvalue weighted by atomic mass is 32.2. The third-order valence-corrected chi connectivity index (χ3v) is 6.92. The summed E-state index contributed by atoms with van der Waals surface area (Å²) in [7, 11) is 0.699. The van der Waals surface area contributed by atoms with Crippen molar-refractivity contribution in [1.29, 1.82) is 0 Å². The van der Waals surface area contributed by atoms with E-state index in [2.05, 4.69) is 4.98 Å². The number of ketones is 1. The lowest BCUT2D eigenvalue weighted by Crippen LogP contribution is -2.17. The summed E-state index contributed by atoms with van der Waals surface area (Å²) in [5.41, 5.74) is 2.93. The van der Waals surface area contributed by atoms with E-state index in [9.17, 15) is 18.0 Å². The van der Waals surface area contributed by atoms with Crippen molar-refractivity contribution in [1.82, 2.24) is 9.55 Å². The van der Waals surface area contributed by atoms with Crippen LogP contribution in [-0.4, -0.2) is 61.9 Å². The minimum atomic E-state index is -3.03. The molecule has 1 aliphatic heterocycles. The van der Waals surface area contributed by atoms with Crippen LogP contribution >= 0.6 is 0 Å². The van der Waals surface area contributed by atoms with E-state index >= 15 is 0 Å². The van der Waals surface area contributed by atoms with Crippen LogP contribution in [0.1, 0.15) is 44.7 Å². The summed E-state index contributed by atoms with van der Waals surface area (Å²) in [4.78, 5) is 30.7. The monoisotopic (exact) mass is 419 g/mol. The lowest BCUT2D eigenvalue weighted by Gasteiger charge is -2.16. The molecule has 2 aromatic heterocycles. The Morgan fingerprint density at radius 2 is 2.00 bits per heavy atom. The quantitative estimate of drug-likeness (QED) is 0.521. The van der Waals surface area contributed by atoms with E-state index in [4.69, 9.17) is 4.74 Å². The molecule has 0 saturated carbocycles. The maximum atomic E-state index is 12.6. The number of anilines is 1. The van der Waals surface area contributed by atoms with Gasteiger partial charge in [0.25, 0.3) is 0 Å². The van der Waals surface area contributed by atoms with Gasteiger partial charge in [0, 0.05) is 37.1 Å². The highest BCUT2D eigenvalue weighted by Gasteiger charge is 2.31. The summed E-state index contributed by atoms with van der Waals surface area (Å²) in [6.45, 7) is 3.23. The number of aryl methyl sites for hydroxylation is 1. The fourth-order valence-electron chi connectivity index (χ4n) is 3.65. The van der Waals surface area contributed by atoms with E-state index in [0.29, 0.717) is 17.7 Å². The van der Waals surface area contributed by atoms with Crippen LogP contribution in [0.25, 0.3) is 0 Å². The molecule has 3 rings (SSSR count). The van der Waals surface area contributed by atoms with Crippen molar-refractivity contribution in [3.8, 4) is 0 Å². The molecule has 1 atom stereocenters. The van der Waals surface area contributed by atoms with Crippen molar-refractivity contribution in [2.45, 2.75) is 26.3 Å². The van der Waals surface area contributed by atoms with Gasteiger partial charge in [-0.1, -0.05) is 0 Å². The van der Waals surface area contributed by atoms with E-state index in [1.165, 1.54) is 0 Å². The summed E-state index contributed by atoms with van der Waals surface area (Å²) in [5, 5.41) is 0. The minimum Gasteiger partial charge on any atom is -0.453 e. The number of esters is 1. The number of rotatable bonds is 6. The topological polar surface area (TPSA) is 98.6 Å². The molecular formula is C20H25N3O5S. The third kappa shape index (κ3) is 4.50. The van der Waals surface area contributed by atoms with E-state index in [0.717, 1.165) is 11.4 Å². The zero-order chi connectivity index (χ0) is 21.3.